The first-order valence-electron chi connectivity index (χ1n) is 11.7. The van der Waals surface area contributed by atoms with Crippen LogP contribution in [0, 0.1) is 0 Å². The number of benzene rings is 2. The summed E-state index contributed by atoms with van der Waals surface area (Å²) < 4.78 is 11.4. The number of piperazine rings is 1. The largest absolute Gasteiger partial charge is 0.353 e. The van der Waals surface area contributed by atoms with Crippen LogP contribution in [0.4, 0.5) is 11.4 Å². The van der Waals surface area contributed by atoms with Crippen LogP contribution in [-0.4, -0.2) is 75.1 Å². The lowest BCUT2D eigenvalue weighted by Crippen LogP contribution is -2.47. The molecule has 3 heterocycles. The Hall–Kier alpha value is -1.57. The molecule has 0 aromatic heterocycles. The van der Waals surface area contributed by atoms with Gasteiger partial charge in [-0.3, -0.25) is 0 Å². The van der Waals surface area contributed by atoms with E-state index in [1.807, 2.05) is 11.8 Å². The summed E-state index contributed by atoms with van der Waals surface area (Å²) in [5, 5.41) is 0. The number of anilines is 2. The molecule has 3 aliphatic heterocycles. The molecule has 0 bridgehead atoms. The van der Waals surface area contributed by atoms with Gasteiger partial charge in [0.1, 0.15) is 0 Å². The molecule has 2 saturated heterocycles. The molecule has 31 heavy (non-hydrogen) atoms. The molecule has 166 valence electrons. The minimum absolute atomic E-state index is 0.0141. The van der Waals surface area contributed by atoms with Gasteiger partial charge in [0.05, 0.1) is 24.6 Å². The lowest BCUT2D eigenvalue weighted by Gasteiger charge is -2.36. The van der Waals surface area contributed by atoms with Gasteiger partial charge >= 0.3 is 0 Å². The van der Waals surface area contributed by atoms with Gasteiger partial charge in [0.2, 0.25) is 0 Å². The van der Waals surface area contributed by atoms with Crippen LogP contribution in [0.25, 0.3) is 0 Å². The van der Waals surface area contributed by atoms with E-state index >= 15 is 0 Å². The van der Waals surface area contributed by atoms with E-state index in [9.17, 15) is 0 Å². The maximum absolute atomic E-state index is 5.69. The van der Waals surface area contributed by atoms with Crippen molar-refractivity contribution in [3.63, 3.8) is 0 Å². The Morgan fingerprint density at radius 1 is 0.742 bits per heavy atom. The van der Waals surface area contributed by atoms with Gasteiger partial charge in [0, 0.05) is 55.5 Å². The summed E-state index contributed by atoms with van der Waals surface area (Å²) in [5.41, 5.74) is 2.70. The molecule has 5 rings (SSSR count). The van der Waals surface area contributed by atoms with Gasteiger partial charge in [-0.25, -0.2) is 0 Å². The summed E-state index contributed by atoms with van der Waals surface area (Å²) in [5.74, 6) is 0. The van der Waals surface area contributed by atoms with Crippen molar-refractivity contribution in [3.8, 4) is 0 Å². The van der Waals surface area contributed by atoms with Crippen molar-refractivity contribution in [2.24, 2.45) is 0 Å². The molecule has 2 aromatic rings. The summed E-state index contributed by atoms with van der Waals surface area (Å²) in [7, 11) is 0. The van der Waals surface area contributed by atoms with Crippen LogP contribution in [0.2, 0.25) is 0 Å². The zero-order valence-corrected chi connectivity index (χ0v) is 19.1. The number of nitrogens with zero attached hydrogens (tertiary/aromatic N) is 3. The van der Waals surface area contributed by atoms with E-state index in [1.165, 1.54) is 27.6 Å². The van der Waals surface area contributed by atoms with E-state index in [2.05, 4.69) is 63.2 Å². The number of rotatable bonds is 7. The molecule has 5 nitrogen and oxygen atoms in total. The summed E-state index contributed by atoms with van der Waals surface area (Å²) >= 11 is 1.89. The topological polar surface area (TPSA) is 28.2 Å². The maximum atomic E-state index is 5.69. The van der Waals surface area contributed by atoms with Crippen molar-refractivity contribution < 1.29 is 9.47 Å². The molecular formula is C25H33N3O2S. The van der Waals surface area contributed by atoms with Crippen molar-refractivity contribution >= 4 is 23.1 Å². The van der Waals surface area contributed by atoms with E-state index in [4.69, 9.17) is 9.47 Å². The van der Waals surface area contributed by atoms with Crippen molar-refractivity contribution in [1.82, 2.24) is 9.80 Å². The van der Waals surface area contributed by atoms with E-state index in [1.54, 1.807) is 0 Å². The van der Waals surface area contributed by atoms with E-state index in [0.29, 0.717) is 0 Å². The predicted octanol–water partition coefficient (Wildman–Crippen LogP) is 4.45. The Bertz CT molecular complexity index is 805. The fourth-order valence-corrected chi connectivity index (χ4v) is 5.80. The zero-order chi connectivity index (χ0) is 20.9. The van der Waals surface area contributed by atoms with Crippen LogP contribution in [0.3, 0.4) is 0 Å². The second-order valence-corrected chi connectivity index (χ2v) is 9.62. The van der Waals surface area contributed by atoms with Crippen molar-refractivity contribution in [3.05, 3.63) is 48.5 Å². The smallest absolute Gasteiger partial charge is 0.158 e. The second-order valence-electron chi connectivity index (χ2n) is 8.54. The van der Waals surface area contributed by atoms with E-state index in [0.717, 1.165) is 71.9 Å². The first-order valence-corrected chi connectivity index (χ1v) is 12.5. The molecular weight excluding hydrogens is 406 g/mol. The molecule has 0 unspecified atom stereocenters. The van der Waals surface area contributed by atoms with Gasteiger partial charge in [0.15, 0.2) is 6.29 Å². The number of hydrogen-bond acceptors (Lipinski definition) is 6. The Kier molecular flexibility index (Phi) is 7.12. The quantitative estimate of drug-likeness (QED) is 0.633. The summed E-state index contributed by atoms with van der Waals surface area (Å²) in [6.07, 6.45) is 3.21. The van der Waals surface area contributed by atoms with Crippen molar-refractivity contribution in [2.75, 3.05) is 63.9 Å². The minimum atomic E-state index is 0.0141. The average Bonchev–Trinajstić information content (AvgIpc) is 2.84. The Labute approximate surface area is 190 Å². The molecule has 0 N–H and O–H groups in total. The molecule has 0 spiro atoms. The lowest BCUT2D eigenvalue weighted by atomic mass is 10.2. The first kappa shape index (κ1) is 21.3. The van der Waals surface area contributed by atoms with Gasteiger partial charge in [-0.05, 0) is 43.7 Å². The molecule has 6 heteroatoms. The van der Waals surface area contributed by atoms with Crippen molar-refractivity contribution in [2.45, 2.75) is 35.3 Å². The lowest BCUT2D eigenvalue weighted by molar-refractivity contribution is -0.183. The van der Waals surface area contributed by atoms with Crippen LogP contribution in [-0.2, 0) is 9.47 Å². The van der Waals surface area contributed by atoms with Crippen molar-refractivity contribution in [1.29, 1.82) is 0 Å². The summed E-state index contributed by atoms with van der Waals surface area (Å²) in [6, 6.07) is 17.6. The average molecular weight is 440 g/mol. The zero-order valence-electron chi connectivity index (χ0n) is 18.2. The van der Waals surface area contributed by atoms with Crippen LogP contribution in [0.15, 0.2) is 58.3 Å². The van der Waals surface area contributed by atoms with E-state index in [-0.39, 0.29) is 6.29 Å². The molecule has 2 fully saturated rings. The number of fused-ring (bicyclic) bond motifs is 2. The van der Waals surface area contributed by atoms with Gasteiger partial charge in [-0.1, -0.05) is 36.0 Å². The minimum Gasteiger partial charge on any atom is -0.353 e. The number of para-hydroxylation sites is 2. The highest BCUT2D eigenvalue weighted by atomic mass is 32.2. The van der Waals surface area contributed by atoms with Crippen LogP contribution >= 0.6 is 11.8 Å². The second kappa shape index (κ2) is 10.4. The molecule has 0 saturated carbocycles. The molecule has 0 amide bonds. The molecule has 0 radical (unpaired) electrons. The summed E-state index contributed by atoms with van der Waals surface area (Å²) in [6.45, 7) is 9.63. The molecule has 0 aliphatic carbocycles. The third kappa shape index (κ3) is 5.26. The fraction of sp³-hybridized carbons (Fsp3) is 0.520. The molecule has 2 aromatic carbocycles. The maximum Gasteiger partial charge on any atom is 0.158 e. The van der Waals surface area contributed by atoms with Crippen LogP contribution in [0.1, 0.15) is 19.3 Å². The standard InChI is InChI=1S/C25H33N3O2S/c1-3-9-23-21(7-1)28(22-8-2-4-10-24(22)31-23)13-5-12-26-15-17-27(18-16-26)14-11-25-29-19-6-20-30-25/h1-4,7-10,25H,5-6,11-20H2. The highest BCUT2D eigenvalue weighted by Crippen LogP contribution is 2.47. The Morgan fingerprint density at radius 2 is 1.32 bits per heavy atom. The third-order valence-electron chi connectivity index (χ3n) is 6.43. The molecule has 3 aliphatic rings. The first-order chi connectivity index (χ1) is 15.4. The van der Waals surface area contributed by atoms with Crippen LogP contribution < -0.4 is 4.90 Å². The highest BCUT2D eigenvalue weighted by molar-refractivity contribution is 7.99. The van der Waals surface area contributed by atoms with Gasteiger partial charge < -0.3 is 24.2 Å². The SMILES string of the molecule is c1ccc2c(c1)Sc1ccccc1N2CCCN1CCN(CCC2OCCCO2)CC1. The number of hydrogen-bond donors (Lipinski definition) is 0. The van der Waals surface area contributed by atoms with Gasteiger partial charge in [0.25, 0.3) is 0 Å². The third-order valence-corrected chi connectivity index (χ3v) is 7.56. The highest BCUT2D eigenvalue weighted by Gasteiger charge is 2.23. The Balaban J connectivity index is 1.09. The Morgan fingerprint density at radius 3 is 1.97 bits per heavy atom. The predicted molar refractivity (Wildman–Crippen MR) is 126 cm³/mol. The van der Waals surface area contributed by atoms with E-state index < -0.39 is 0 Å². The fourth-order valence-electron chi connectivity index (χ4n) is 4.70. The monoisotopic (exact) mass is 439 g/mol. The van der Waals surface area contributed by atoms with Crippen LogP contribution in [0.5, 0.6) is 0 Å². The number of ether oxygens (including phenoxy) is 2. The normalized spacial score (nSPS) is 20.5. The summed E-state index contributed by atoms with van der Waals surface area (Å²) in [4.78, 5) is 10.4. The van der Waals surface area contributed by atoms with Gasteiger partial charge in [-0.2, -0.15) is 0 Å². The molecule has 0 atom stereocenters. The van der Waals surface area contributed by atoms with Gasteiger partial charge in [-0.15, -0.1) is 0 Å².